The molecule has 0 aliphatic rings. The van der Waals surface area contributed by atoms with Gasteiger partial charge in [0.25, 0.3) is 0 Å². The van der Waals surface area contributed by atoms with Gasteiger partial charge in [0.2, 0.25) is 0 Å². The zero-order chi connectivity index (χ0) is 7.98. The van der Waals surface area contributed by atoms with Crippen LogP contribution < -0.4 is 5.73 Å². The Kier molecular flexibility index (Phi) is 5.25. The Balaban J connectivity index is 4.04. The molecule has 0 aromatic carbocycles. The minimum atomic E-state index is 0.423. The molecular weight excluding hydrogens is 196 g/mol. The molecule has 0 aliphatic heterocycles. The fraction of sp³-hybridized carbons (Fsp3) is 0.500. The van der Waals surface area contributed by atoms with Gasteiger partial charge in [0, 0.05) is 20.4 Å². The minimum absolute atomic E-state index is 0.423. The van der Waals surface area contributed by atoms with Crippen LogP contribution in [0.4, 0.5) is 0 Å². The van der Waals surface area contributed by atoms with Crippen LogP contribution >= 0.6 is 15.9 Å². The average molecular weight is 207 g/mol. The van der Waals surface area contributed by atoms with Gasteiger partial charge in [0.1, 0.15) is 0 Å². The molecule has 2 N–H and O–H groups in total. The van der Waals surface area contributed by atoms with Crippen LogP contribution in [0.25, 0.3) is 0 Å². The molecule has 0 radical (unpaired) electrons. The Bertz CT molecular complexity index is 154. The third-order valence-corrected chi connectivity index (χ3v) is 1.56. The van der Waals surface area contributed by atoms with Crippen molar-refractivity contribution in [3.8, 4) is 0 Å². The van der Waals surface area contributed by atoms with Crippen molar-refractivity contribution in [2.24, 2.45) is 10.7 Å². The standard InChI is InChI=1S/C6H11BrN2O/c1-9-3-5(7)6(8)4-10-2/h3H,4,8H2,1-2H3. The van der Waals surface area contributed by atoms with Crippen LogP contribution in [-0.2, 0) is 4.74 Å². The maximum Gasteiger partial charge on any atom is 0.0868 e. The topological polar surface area (TPSA) is 47.6 Å². The van der Waals surface area contributed by atoms with E-state index in [0.29, 0.717) is 12.3 Å². The van der Waals surface area contributed by atoms with E-state index in [1.165, 1.54) is 0 Å². The molecule has 58 valence electrons. The Hall–Kier alpha value is -0.350. The van der Waals surface area contributed by atoms with Crippen molar-refractivity contribution in [1.29, 1.82) is 0 Å². The molecule has 0 saturated carbocycles. The van der Waals surface area contributed by atoms with Gasteiger partial charge in [-0.1, -0.05) is 0 Å². The van der Waals surface area contributed by atoms with Gasteiger partial charge in [-0.2, -0.15) is 0 Å². The summed E-state index contributed by atoms with van der Waals surface area (Å²) in [5.74, 6) is 0. The first-order chi connectivity index (χ1) is 4.72. The van der Waals surface area contributed by atoms with Gasteiger partial charge < -0.3 is 10.5 Å². The number of rotatable bonds is 3. The van der Waals surface area contributed by atoms with Crippen LogP contribution in [-0.4, -0.2) is 27.0 Å². The molecule has 10 heavy (non-hydrogen) atoms. The molecule has 0 fully saturated rings. The third-order valence-electron chi connectivity index (χ3n) is 0.849. The zero-order valence-electron chi connectivity index (χ0n) is 6.10. The second-order valence-corrected chi connectivity index (χ2v) is 2.55. The summed E-state index contributed by atoms with van der Waals surface area (Å²) in [5.41, 5.74) is 6.18. The van der Waals surface area contributed by atoms with Gasteiger partial charge in [-0.15, -0.1) is 0 Å². The van der Waals surface area contributed by atoms with Gasteiger partial charge in [-0.3, -0.25) is 4.99 Å². The summed E-state index contributed by atoms with van der Waals surface area (Å²) in [5, 5.41) is 0. The van der Waals surface area contributed by atoms with E-state index in [-0.39, 0.29) is 0 Å². The molecule has 0 rings (SSSR count). The maximum absolute atomic E-state index is 5.53. The molecule has 0 heterocycles. The number of nitrogens with two attached hydrogens (primary N) is 1. The van der Waals surface area contributed by atoms with E-state index in [1.54, 1.807) is 20.4 Å². The van der Waals surface area contributed by atoms with Gasteiger partial charge in [-0.25, -0.2) is 0 Å². The van der Waals surface area contributed by atoms with E-state index in [2.05, 4.69) is 20.9 Å². The molecule has 0 saturated heterocycles. The van der Waals surface area contributed by atoms with E-state index in [1.807, 2.05) is 0 Å². The number of nitrogens with zero attached hydrogens (tertiary/aromatic N) is 1. The van der Waals surface area contributed by atoms with Crippen molar-refractivity contribution in [3.05, 3.63) is 10.2 Å². The summed E-state index contributed by atoms with van der Waals surface area (Å²) < 4.78 is 5.57. The zero-order valence-corrected chi connectivity index (χ0v) is 7.68. The van der Waals surface area contributed by atoms with Crippen LogP contribution in [0.15, 0.2) is 15.2 Å². The maximum atomic E-state index is 5.53. The first-order valence-electron chi connectivity index (χ1n) is 2.77. The fourth-order valence-corrected chi connectivity index (χ4v) is 0.740. The van der Waals surface area contributed by atoms with E-state index in [0.717, 1.165) is 4.48 Å². The first-order valence-corrected chi connectivity index (χ1v) is 3.57. The molecule has 0 bridgehead atoms. The monoisotopic (exact) mass is 206 g/mol. The number of hydrogen-bond acceptors (Lipinski definition) is 3. The molecule has 4 heteroatoms. The van der Waals surface area contributed by atoms with Crippen molar-refractivity contribution in [2.75, 3.05) is 20.8 Å². The van der Waals surface area contributed by atoms with Crippen LogP contribution in [0.5, 0.6) is 0 Å². The Morgan fingerprint density at radius 3 is 2.80 bits per heavy atom. The summed E-state index contributed by atoms with van der Waals surface area (Å²) in [6, 6.07) is 0. The van der Waals surface area contributed by atoms with E-state index < -0.39 is 0 Å². The molecule has 0 aromatic heterocycles. The van der Waals surface area contributed by atoms with Gasteiger partial charge in [0.05, 0.1) is 16.8 Å². The Labute approximate surface area is 69.1 Å². The van der Waals surface area contributed by atoms with E-state index in [4.69, 9.17) is 10.5 Å². The normalized spacial score (nSPS) is 13.9. The van der Waals surface area contributed by atoms with Crippen LogP contribution in [0, 0.1) is 0 Å². The number of allylic oxidation sites excluding steroid dienone is 1. The van der Waals surface area contributed by atoms with Crippen molar-refractivity contribution >= 4 is 22.1 Å². The van der Waals surface area contributed by atoms with Crippen LogP contribution in [0.3, 0.4) is 0 Å². The third kappa shape index (κ3) is 3.63. The molecule has 3 nitrogen and oxygen atoms in total. The summed E-state index contributed by atoms with van der Waals surface area (Å²) in [7, 11) is 3.28. The van der Waals surface area contributed by atoms with Crippen molar-refractivity contribution in [3.63, 3.8) is 0 Å². The largest absolute Gasteiger partial charge is 0.399 e. The summed E-state index contributed by atoms with van der Waals surface area (Å²) >= 11 is 3.23. The number of aliphatic imine (C=N–C) groups is 1. The fourth-order valence-electron chi connectivity index (χ4n) is 0.421. The average Bonchev–Trinajstić information content (AvgIpc) is 1.89. The highest BCUT2D eigenvalue weighted by atomic mass is 79.9. The number of methoxy groups -OCH3 is 1. The predicted octanol–water partition coefficient (Wildman–Crippen LogP) is 0.899. The summed E-state index contributed by atoms with van der Waals surface area (Å²) in [6.07, 6.45) is 1.63. The Morgan fingerprint density at radius 2 is 2.40 bits per heavy atom. The lowest BCUT2D eigenvalue weighted by atomic mass is 10.4. The smallest absolute Gasteiger partial charge is 0.0868 e. The second-order valence-electron chi connectivity index (χ2n) is 1.69. The summed E-state index contributed by atoms with van der Waals surface area (Å²) in [4.78, 5) is 3.77. The number of halogens is 1. The lowest BCUT2D eigenvalue weighted by Gasteiger charge is -1.98. The second kappa shape index (κ2) is 5.44. The SMILES string of the molecule is CN=CC(Br)=C(N)COC. The van der Waals surface area contributed by atoms with Crippen molar-refractivity contribution in [2.45, 2.75) is 0 Å². The van der Waals surface area contributed by atoms with Gasteiger partial charge >= 0.3 is 0 Å². The van der Waals surface area contributed by atoms with E-state index in [9.17, 15) is 0 Å². The highest BCUT2D eigenvalue weighted by Gasteiger charge is 1.94. The molecule has 0 atom stereocenters. The number of ether oxygens (including phenoxy) is 1. The quantitative estimate of drug-likeness (QED) is 0.699. The van der Waals surface area contributed by atoms with E-state index >= 15 is 0 Å². The molecule has 0 aromatic rings. The number of hydrogen-bond donors (Lipinski definition) is 1. The Morgan fingerprint density at radius 1 is 1.80 bits per heavy atom. The minimum Gasteiger partial charge on any atom is -0.399 e. The highest BCUT2D eigenvalue weighted by Crippen LogP contribution is 2.04. The highest BCUT2D eigenvalue weighted by molar-refractivity contribution is 9.12. The molecule has 0 unspecified atom stereocenters. The van der Waals surface area contributed by atoms with Crippen molar-refractivity contribution < 1.29 is 4.74 Å². The summed E-state index contributed by atoms with van der Waals surface area (Å²) in [6.45, 7) is 0.423. The van der Waals surface area contributed by atoms with Gasteiger partial charge in [0.15, 0.2) is 0 Å². The first kappa shape index (κ1) is 9.65. The lowest BCUT2D eigenvalue weighted by Crippen LogP contribution is -2.06. The molecule has 0 spiro atoms. The molecule has 0 amide bonds. The van der Waals surface area contributed by atoms with Crippen molar-refractivity contribution in [1.82, 2.24) is 0 Å². The molecule has 0 aliphatic carbocycles. The molecular formula is C6H11BrN2O. The van der Waals surface area contributed by atoms with Crippen LogP contribution in [0.1, 0.15) is 0 Å². The van der Waals surface area contributed by atoms with Gasteiger partial charge in [-0.05, 0) is 15.9 Å². The predicted molar refractivity (Wildman–Crippen MR) is 46.4 cm³/mol. The lowest BCUT2D eigenvalue weighted by molar-refractivity contribution is 0.225. The van der Waals surface area contributed by atoms with Crippen LogP contribution in [0.2, 0.25) is 0 Å².